The van der Waals surface area contributed by atoms with Gasteiger partial charge in [0, 0.05) is 49.3 Å². The van der Waals surface area contributed by atoms with Gasteiger partial charge in [-0.15, -0.1) is 0 Å². The fourth-order valence-corrected chi connectivity index (χ4v) is 10.1. The van der Waals surface area contributed by atoms with Gasteiger partial charge in [-0.3, -0.25) is 4.90 Å². The van der Waals surface area contributed by atoms with Crippen LogP contribution in [0.4, 0.5) is 29.1 Å². The maximum atomic E-state index is 15.5. The smallest absolute Gasteiger partial charge is 0.417 e. The van der Waals surface area contributed by atoms with E-state index in [1.165, 1.54) is 0 Å². The average molecular weight is 637 g/mol. The van der Waals surface area contributed by atoms with E-state index in [4.69, 9.17) is 15.5 Å². The highest BCUT2D eigenvalue weighted by molar-refractivity contribution is 7.91. The van der Waals surface area contributed by atoms with Crippen LogP contribution in [0.25, 0.3) is 0 Å². The van der Waals surface area contributed by atoms with Crippen LogP contribution < -0.4 is 20.7 Å². The molecule has 4 fully saturated rings. The molecule has 44 heavy (non-hydrogen) atoms. The maximum Gasteiger partial charge on any atom is 0.417 e. The Kier molecular flexibility index (Phi) is 6.94. The molecule has 2 aromatic rings. The lowest BCUT2D eigenvalue weighted by Crippen LogP contribution is -2.52. The first-order valence-corrected chi connectivity index (χ1v) is 16.8. The number of ether oxygens (including phenoxy) is 1. The largest absolute Gasteiger partial charge is 0.461 e. The zero-order valence-corrected chi connectivity index (χ0v) is 25.3. The summed E-state index contributed by atoms with van der Waals surface area (Å²) in [6.07, 6.45) is -0.738. The van der Waals surface area contributed by atoms with E-state index in [-0.39, 0.29) is 34.9 Å². The lowest BCUT2D eigenvalue weighted by atomic mass is 9.94. The lowest BCUT2D eigenvalue weighted by molar-refractivity contribution is -0.138. The Bertz CT molecular complexity index is 1640. The normalized spacial score (nSPS) is 29.6. The fraction of sp³-hybridized carbons (Fsp3) is 0.600. The predicted octanol–water partition coefficient (Wildman–Crippen LogP) is 3.85. The molecule has 9 nitrogen and oxygen atoms in total. The van der Waals surface area contributed by atoms with Gasteiger partial charge in [-0.25, -0.2) is 12.8 Å². The predicted molar refractivity (Wildman–Crippen MR) is 157 cm³/mol. The van der Waals surface area contributed by atoms with Crippen LogP contribution >= 0.6 is 0 Å². The van der Waals surface area contributed by atoms with Crippen molar-refractivity contribution in [3.63, 3.8) is 0 Å². The van der Waals surface area contributed by atoms with E-state index in [1.807, 2.05) is 4.90 Å². The van der Waals surface area contributed by atoms with Crippen molar-refractivity contribution in [2.45, 2.75) is 80.3 Å². The van der Waals surface area contributed by atoms with Crippen molar-refractivity contribution in [2.24, 2.45) is 0 Å². The third-order valence-corrected chi connectivity index (χ3v) is 12.0. The first-order valence-electron chi connectivity index (χ1n) is 15.1. The molecule has 5 aliphatic rings. The van der Waals surface area contributed by atoms with Crippen LogP contribution in [0.5, 0.6) is 6.01 Å². The molecule has 0 saturated carbocycles. The molecule has 7 rings (SSSR count). The molecule has 238 valence electrons. The zero-order chi connectivity index (χ0) is 31.2. The number of nitrogens with one attached hydrogen (secondary N) is 1. The van der Waals surface area contributed by atoms with Gasteiger partial charge in [0.15, 0.2) is 15.7 Å². The summed E-state index contributed by atoms with van der Waals surface area (Å²) in [6.45, 7) is 8.56. The number of sulfone groups is 1. The Hall–Kier alpha value is -2.97. The number of piperazine rings is 1. The molecule has 1 aromatic heterocycles. The van der Waals surface area contributed by atoms with E-state index < -0.39 is 56.1 Å². The molecule has 0 radical (unpaired) electrons. The number of halogens is 4. The first-order chi connectivity index (χ1) is 20.7. The molecule has 14 heteroatoms. The van der Waals surface area contributed by atoms with E-state index in [2.05, 4.69) is 21.8 Å². The summed E-state index contributed by atoms with van der Waals surface area (Å²) in [7, 11) is -4.33. The van der Waals surface area contributed by atoms with Crippen molar-refractivity contribution >= 4 is 21.3 Å². The summed E-state index contributed by atoms with van der Waals surface area (Å²) < 4.78 is 92.2. The topological polar surface area (TPSA) is 114 Å². The van der Waals surface area contributed by atoms with Gasteiger partial charge in [-0.2, -0.15) is 23.1 Å². The standard InChI is InChI=1S/C30H36F4N6O3S/c1-16-10-29(6-3-7-40(29)11-16)15-43-28-37-22-9-23(24-25(30(32,33)34)17(2)8-21(35)26(24)31)44(41,42)14-20(22)27(38-28)39-12-18-4-5-19(13-39)36-18/h8,18-19,23,36H,1,3-7,9-15,35H2,2H3/t18?,19?,23-,29+/m1/s1. The average Bonchev–Trinajstić information content (AvgIpc) is 3.58. The van der Waals surface area contributed by atoms with Gasteiger partial charge in [0.1, 0.15) is 12.4 Å². The summed E-state index contributed by atoms with van der Waals surface area (Å²) in [5.41, 5.74) is 4.10. The number of nitrogens with zero attached hydrogens (tertiary/aromatic N) is 4. The Morgan fingerprint density at radius 1 is 1.23 bits per heavy atom. The minimum atomic E-state index is -4.99. The summed E-state index contributed by atoms with van der Waals surface area (Å²) in [5, 5.41) is 1.72. The molecular weight excluding hydrogens is 600 g/mol. The SMILES string of the molecule is C=C1CN2CCC[C@@]2(COc2nc3c(c(N4CC5CCC(C4)N5)n2)CS(=O)(=O)[C@@H](c2c(F)c(N)cc(C)c2C(F)(F)F)C3)C1. The highest BCUT2D eigenvalue weighted by atomic mass is 32.2. The molecule has 3 N–H and O–H groups in total. The molecule has 2 unspecified atom stereocenters. The molecular formula is C30H36F4N6O3S. The van der Waals surface area contributed by atoms with Crippen molar-refractivity contribution in [3.05, 3.63) is 52.0 Å². The summed E-state index contributed by atoms with van der Waals surface area (Å²) >= 11 is 0. The Labute approximate surface area is 253 Å². The molecule has 0 amide bonds. The molecule has 2 bridgehead atoms. The maximum absolute atomic E-state index is 15.5. The van der Waals surface area contributed by atoms with Crippen LogP contribution in [0.15, 0.2) is 18.2 Å². The minimum Gasteiger partial charge on any atom is -0.461 e. The molecule has 6 heterocycles. The number of benzene rings is 1. The van der Waals surface area contributed by atoms with Gasteiger partial charge in [0.25, 0.3) is 0 Å². The van der Waals surface area contributed by atoms with E-state index in [0.717, 1.165) is 63.8 Å². The highest BCUT2D eigenvalue weighted by Crippen LogP contribution is 2.47. The number of alkyl halides is 3. The minimum absolute atomic E-state index is 0.0432. The van der Waals surface area contributed by atoms with Crippen molar-refractivity contribution in [1.82, 2.24) is 20.2 Å². The second-order valence-corrected chi connectivity index (χ2v) is 15.3. The molecule has 0 aliphatic carbocycles. The monoisotopic (exact) mass is 636 g/mol. The number of rotatable bonds is 5. The van der Waals surface area contributed by atoms with Crippen LogP contribution in [0.2, 0.25) is 0 Å². The summed E-state index contributed by atoms with van der Waals surface area (Å²) in [4.78, 5) is 13.7. The van der Waals surface area contributed by atoms with Gasteiger partial charge in [-0.05, 0) is 57.2 Å². The molecule has 5 aliphatic heterocycles. The van der Waals surface area contributed by atoms with Crippen LogP contribution in [-0.2, 0) is 28.2 Å². The van der Waals surface area contributed by atoms with Crippen molar-refractivity contribution in [1.29, 1.82) is 0 Å². The van der Waals surface area contributed by atoms with Crippen LogP contribution in [0.3, 0.4) is 0 Å². The number of aromatic nitrogens is 2. The second-order valence-electron chi connectivity index (χ2n) is 13.1. The Morgan fingerprint density at radius 3 is 2.66 bits per heavy atom. The summed E-state index contributed by atoms with van der Waals surface area (Å²) in [5.74, 6) is -1.57. The van der Waals surface area contributed by atoms with Crippen molar-refractivity contribution < 1.29 is 30.7 Å². The van der Waals surface area contributed by atoms with Gasteiger partial charge < -0.3 is 20.7 Å². The third kappa shape index (κ3) is 4.93. The number of fused-ring (bicyclic) bond motifs is 4. The molecule has 1 aromatic carbocycles. The second kappa shape index (κ2) is 10.3. The Morgan fingerprint density at radius 2 is 1.95 bits per heavy atom. The number of nitrogen functional groups attached to an aromatic ring is 1. The van der Waals surface area contributed by atoms with Gasteiger partial charge in [0.2, 0.25) is 0 Å². The van der Waals surface area contributed by atoms with Gasteiger partial charge in [-0.1, -0.05) is 12.2 Å². The highest BCUT2D eigenvalue weighted by Gasteiger charge is 2.48. The Balaban J connectivity index is 1.31. The van der Waals surface area contributed by atoms with E-state index in [1.54, 1.807) is 0 Å². The van der Waals surface area contributed by atoms with E-state index in [0.29, 0.717) is 31.1 Å². The number of anilines is 2. The van der Waals surface area contributed by atoms with Crippen LogP contribution in [0.1, 0.15) is 65.3 Å². The first kappa shape index (κ1) is 29.7. The summed E-state index contributed by atoms with van der Waals surface area (Å²) in [6, 6.07) is 1.36. The van der Waals surface area contributed by atoms with Crippen molar-refractivity contribution in [3.8, 4) is 6.01 Å². The zero-order valence-electron chi connectivity index (χ0n) is 24.5. The number of hydrogen-bond donors (Lipinski definition) is 2. The van der Waals surface area contributed by atoms with Crippen LogP contribution in [0, 0.1) is 12.7 Å². The van der Waals surface area contributed by atoms with Crippen LogP contribution in [-0.4, -0.2) is 73.7 Å². The molecule has 0 spiro atoms. The molecule has 4 saturated heterocycles. The lowest BCUT2D eigenvalue weighted by Gasteiger charge is -2.37. The number of hydrogen-bond acceptors (Lipinski definition) is 9. The van der Waals surface area contributed by atoms with Gasteiger partial charge in [0.05, 0.1) is 33.5 Å². The fourth-order valence-electron chi connectivity index (χ4n) is 8.16. The van der Waals surface area contributed by atoms with E-state index in [9.17, 15) is 21.6 Å². The molecule has 4 atom stereocenters. The third-order valence-electron chi connectivity index (χ3n) is 10.1. The number of aryl methyl sites for hydroxylation is 1. The van der Waals surface area contributed by atoms with Crippen molar-refractivity contribution in [2.75, 3.05) is 43.4 Å². The van der Waals surface area contributed by atoms with E-state index >= 15 is 4.39 Å². The van der Waals surface area contributed by atoms with Gasteiger partial charge >= 0.3 is 12.2 Å². The number of nitrogens with two attached hydrogens (primary N) is 1. The quantitative estimate of drug-likeness (QED) is 0.287.